The monoisotopic (exact) mass is 361 g/mol. The molecule has 25 heavy (non-hydrogen) atoms. The normalized spacial score (nSPS) is 13.4. The van der Waals surface area contributed by atoms with Crippen LogP contribution in [0, 0.1) is 5.41 Å². The van der Waals surface area contributed by atoms with Crippen molar-refractivity contribution < 1.29 is 19.4 Å². The van der Waals surface area contributed by atoms with E-state index in [9.17, 15) is 14.7 Å². The Balaban J connectivity index is 2.04. The first-order valence-corrected chi connectivity index (χ1v) is 9.03. The van der Waals surface area contributed by atoms with Crippen molar-refractivity contribution >= 4 is 23.1 Å². The van der Waals surface area contributed by atoms with Crippen LogP contribution in [0.15, 0.2) is 29.6 Å². The van der Waals surface area contributed by atoms with E-state index in [-0.39, 0.29) is 25.2 Å². The fraction of sp³-hybridized carbons (Fsp3) is 0.421. The van der Waals surface area contributed by atoms with Crippen molar-refractivity contribution in [3.05, 3.63) is 40.9 Å². The number of carboxylic acids is 1. The first-order valence-electron chi connectivity index (χ1n) is 8.15. The molecular weight excluding hydrogens is 338 g/mol. The molecule has 1 N–H and O–H groups in total. The number of hydrogen-bond acceptors (Lipinski definition) is 5. The highest BCUT2D eigenvalue weighted by Crippen LogP contribution is 2.26. The van der Waals surface area contributed by atoms with E-state index >= 15 is 0 Å². The molecule has 0 fully saturated rings. The fourth-order valence-corrected chi connectivity index (χ4v) is 3.44. The molecule has 1 heterocycles. The van der Waals surface area contributed by atoms with Gasteiger partial charge in [0, 0.05) is 30.9 Å². The van der Waals surface area contributed by atoms with Gasteiger partial charge >= 0.3 is 5.97 Å². The van der Waals surface area contributed by atoms with Crippen LogP contribution in [0.5, 0.6) is 0 Å². The molecule has 134 valence electrons. The molecule has 2 rings (SSSR count). The predicted molar refractivity (Wildman–Crippen MR) is 97.9 cm³/mol. The lowest BCUT2D eigenvalue weighted by molar-refractivity contribution is -0.153. The third-order valence-electron chi connectivity index (χ3n) is 4.11. The Morgan fingerprint density at radius 3 is 2.52 bits per heavy atom. The summed E-state index contributed by atoms with van der Waals surface area (Å²) in [7, 11) is 1.43. The number of rotatable bonds is 9. The van der Waals surface area contributed by atoms with Crippen molar-refractivity contribution in [2.24, 2.45) is 5.41 Å². The van der Waals surface area contributed by atoms with Gasteiger partial charge in [-0.2, -0.15) is 0 Å². The van der Waals surface area contributed by atoms with Gasteiger partial charge in [0.1, 0.15) is 10.8 Å². The van der Waals surface area contributed by atoms with E-state index in [1.54, 1.807) is 0 Å². The molecule has 0 saturated carbocycles. The summed E-state index contributed by atoms with van der Waals surface area (Å²) in [5, 5.41) is 12.0. The highest BCUT2D eigenvalue weighted by atomic mass is 32.1. The van der Waals surface area contributed by atoms with Gasteiger partial charge in [0.2, 0.25) is 0 Å². The third kappa shape index (κ3) is 4.96. The number of aromatic nitrogens is 1. The van der Waals surface area contributed by atoms with Crippen molar-refractivity contribution in [1.29, 1.82) is 0 Å². The van der Waals surface area contributed by atoms with Crippen molar-refractivity contribution in [2.75, 3.05) is 13.7 Å². The number of Topliss-reactive ketones (excluding diaryl/α,β-unsaturated/α-hetero) is 1. The first-order chi connectivity index (χ1) is 11.9. The van der Waals surface area contributed by atoms with E-state index in [0.29, 0.717) is 5.69 Å². The summed E-state index contributed by atoms with van der Waals surface area (Å²) in [6, 6.07) is 8.21. The maximum absolute atomic E-state index is 12.3. The molecule has 0 spiro atoms. The van der Waals surface area contributed by atoms with E-state index in [4.69, 9.17) is 4.74 Å². The van der Waals surface area contributed by atoms with E-state index in [2.05, 4.69) is 24.0 Å². The van der Waals surface area contributed by atoms with Gasteiger partial charge in [-0.25, -0.2) is 4.98 Å². The van der Waals surface area contributed by atoms with Gasteiger partial charge in [-0.05, 0) is 18.9 Å². The van der Waals surface area contributed by atoms with Crippen LogP contribution >= 0.6 is 11.3 Å². The number of carboxylic acid groups (broad SMARTS) is 1. The van der Waals surface area contributed by atoms with Gasteiger partial charge in [-0.3, -0.25) is 9.59 Å². The van der Waals surface area contributed by atoms with Gasteiger partial charge in [-0.15, -0.1) is 11.3 Å². The lowest BCUT2D eigenvalue weighted by Crippen LogP contribution is -2.35. The highest BCUT2D eigenvalue weighted by Gasteiger charge is 2.35. The predicted octanol–water partition coefficient (Wildman–Crippen LogP) is 3.61. The molecule has 2 aromatic rings. The first kappa shape index (κ1) is 19.3. The minimum atomic E-state index is -1.21. The number of hydrogen-bond donors (Lipinski definition) is 1. The average molecular weight is 361 g/mol. The maximum Gasteiger partial charge on any atom is 0.312 e. The maximum atomic E-state index is 12.3. The Morgan fingerprint density at radius 2 is 1.96 bits per heavy atom. The Bertz CT molecular complexity index is 738. The molecule has 1 aromatic heterocycles. The van der Waals surface area contributed by atoms with Crippen molar-refractivity contribution in [2.45, 2.75) is 33.1 Å². The number of carbonyl (C=O) groups excluding carboxylic acids is 1. The minimum Gasteiger partial charge on any atom is -0.481 e. The lowest BCUT2D eigenvalue weighted by atomic mass is 9.85. The van der Waals surface area contributed by atoms with Gasteiger partial charge in [-0.1, -0.05) is 31.2 Å². The molecule has 1 atom stereocenters. The number of carbonyl (C=O) groups is 2. The molecule has 0 aliphatic heterocycles. The lowest BCUT2D eigenvalue weighted by Gasteiger charge is -2.22. The Hall–Kier alpha value is -2.05. The smallest absolute Gasteiger partial charge is 0.312 e. The van der Waals surface area contributed by atoms with E-state index < -0.39 is 11.4 Å². The molecule has 1 aromatic carbocycles. The van der Waals surface area contributed by atoms with Crippen molar-refractivity contribution in [1.82, 2.24) is 4.98 Å². The number of thiazole rings is 1. The van der Waals surface area contributed by atoms with Crippen LogP contribution in [0.1, 0.15) is 31.5 Å². The summed E-state index contributed by atoms with van der Waals surface area (Å²) in [5.41, 5.74) is 1.76. The fourth-order valence-electron chi connectivity index (χ4n) is 2.61. The number of aryl methyl sites for hydroxylation is 1. The van der Waals surface area contributed by atoms with E-state index in [1.807, 2.05) is 17.5 Å². The summed E-state index contributed by atoms with van der Waals surface area (Å²) in [5.74, 6) is -1.18. The molecule has 0 aliphatic rings. The summed E-state index contributed by atoms with van der Waals surface area (Å²) < 4.78 is 4.95. The Morgan fingerprint density at radius 1 is 1.28 bits per heavy atom. The average Bonchev–Trinajstić information content (AvgIpc) is 3.03. The summed E-state index contributed by atoms with van der Waals surface area (Å²) in [6.07, 6.45) is 1.05. The van der Waals surface area contributed by atoms with Crippen LogP contribution in [0.2, 0.25) is 0 Å². The molecular formula is C19H23NO4S. The molecule has 0 bridgehead atoms. The largest absolute Gasteiger partial charge is 0.481 e. The molecule has 0 amide bonds. The summed E-state index contributed by atoms with van der Waals surface area (Å²) in [6.45, 7) is 3.63. The standard InChI is InChI=1S/C19H23NO4S/c1-4-13-5-7-14(8-6-13)17-20-15(11-25-17)9-16(21)10-19(2,12-24-3)18(22)23/h5-8,11H,4,9-10,12H2,1-3H3,(H,22,23). The topological polar surface area (TPSA) is 76.5 Å². The number of benzene rings is 1. The molecule has 6 heteroatoms. The van der Waals surface area contributed by atoms with Crippen LogP contribution in [0.3, 0.4) is 0 Å². The number of nitrogens with zero attached hydrogens (tertiary/aromatic N) is 1. The zero-order chi connectivity index (χ0) is 18.4. The second-order valence-corrected chi connectivity index (χ2v) is 7.24. The number of ketones is 1. The van der Waals surface area contributed by atoms with Gasteiger partial charge in [0.15, 0.2) is 0 Å². The third-order valence-corrected chi connectivity index (χ3v) is 5.05. The van der Waals surface area contributed by atoms with Gasteiger partial charge in [0.25, 0.3) is 0 Å². The van der Waals surface area contributed by atoms with E-state index in [0.717, 1.165) is 17.0 Å². The van der Waals surface area contributed by atoms with Crippen LogP contribution in [0.25, 0.3) is 10.6 Å². The second kappa shape index (κ2) is 8.36. The quantitative estimate of drug-likeness (QED) is 0.738. The van der Waals surface area contributed by atoms with Crippen LogP contribution in [-0.4, -0.2) is 35.6 Å². The van der Waals surface area contributed by atoms with Crippen LogP contribution in [0.4, 0.5) is 0 Å². The van der Waals surface area contributed by atoms with Crippen LogP contribution in [-0.2, 0) is 27.2 Å². The van der Waals surface area contributed by atoms with Crippen molar-refractivity contribution in [3.63, 3.8) is 0 Å². The summed E-state index contributed by atoms with van der Waals surface area (Å²) >= 11 is 1.49. The molecule has 0 saturated heterocycles. The Kier molecular flexibility index (Phi) is 6.45. The summed E-state index contributed by atoms with van der Waals surface area (Å²) in [4.78, 5) is 28.2. The molecule has 0 radical (unpaired) electrons. The minimum absolute atomic E-state index is 0.000165. The SMILES string of the molecule is CCc1ccc(-c2nc(CC(=O)CC(C)(COC)C(=O)O)cs2)cc1. The number of methoxy groups -OCH3 is 1. The van der Waals surface area contributed by atoms with Gasteiger partial charge < -0.3 is 9.84 Å². The van der Waals surface area contributed by atoms with Crippen LogP contribution < -0.4 is 0 Å². The molecule has 5 nitrogen and oxygen atoms in total. The number of aliphatic carboxylic acids is 1. The Labute approximate surface area is 151 Å². The zero-order valence-electron chi connectivity index (χ0n) is 14.7. The zero-order valence-corrected chi connectivity index (χ0v) is 15.6. The highest BCUT2D eigenvalue weighted by molar-refractivity contribution is 7.13. The van der Waals surface area contributed by atoms with Crippen molar-refractivity contribution in [3.8, 4) is 10.6 Å². The number of ether oxygens (including phenoxy) is 1. The second-order valence-electron chi connectivity index (χ2n) is 6.39. The van der Waals surface area contributed by atoms with Gasteiger partial charge in [0.05, 0.1) is 17.7 Å². The molecule has 0 aliphatic carbocycles. The molecule has 1 unspecified atom stereocenters. The van der Waals surface area contributed by atoms with E-state index in [1.165, 1.54) is 30.9 Å².